The fourth-order valence-corrected chi connectivity index (χ4v) is 2.60. The summed E-state index contributed by atoms with van der Waals surface area (Å²) in [7, 11) is 1.54. The van der Waals surface area contributed by atoms with E-state index in [1.807, 2.05) is 12.1 Å². The minimum absolute atomic E-state index is 0.178. The number of carbonyl (C=O) groups is 1. The lowest BCUT2D eigenvalue weighted by Crippen LogP contribution is -2.13. The van der Waals surface area contributed by atoms with E-state index >= 15 is 0 Å². The van der Waals surface area contributed by atoms with E-state index in [-0.39, 0.29) is 5.91 Å². The lowest BCUT2D eigenvalue weighted by atomic mass is 10.2. The van der Waals surface area contributed by atoms with Crippen LogP contribution in [0.5, 0.6) is 5.75 Å². The lowest BCUT2D eigenvalue weighted by Gasteiger charge is -2.10. The topological polar surface area (TPSA) is 64.3 Å². The summed E-state index contributed by atoms with van der Waals surface area (Å²) in [4.78, 5) is 12.3. The third-order valence-corrected chi connectivity index (χ3v) is 4.10. The molecule has 1 amide bonds. The standard InChI is InChI=1S/C14H12BrIN2O2/c1-20-13-7-9(3-5-12(13)17)18-14(19)10-6-8(15)2-4-11(10)16/h2-7H,17H2,1H3,(H,18,19). The van der Waals surface area contributed by atoms with Crippen LogP contribution in [0.4, 0.5) is 11.4 Å². The molecule has 0 bridgehead atoms. The summed E-state index contributed by atoms with van der Waals surface area (Å²) in [6, 6.07) is 10.7. The second-order valence-corrected chi connectivity index (χ2v) is 6.11. The van der Waals surface area contributed by atoms with Crippen LogP contribution in [0.25, 0.3) is 0 Å². The van der Waals surface area contributed by atoms with Gasteiger partial charge in [0.15, 0.2) is 0 Å². The van der Waals surface area contributed by atoms with Crippen molar-refractivity contribution in [1.82, 2.24) is 0 Å². The molecule has 2 aromatic carbocycles. The van der Waals surface area contributed by atoms with Crippen LogP contribution in [0.15, 0.2) is 40.9 Å². The monoisotopic (exact) mass is 446 g/mol. The molecule has 0 aliphatic carbocycles. The molecule has 20 heavy (non-hydrogen) atoms. The third kappa shape index (κ3) is 3.43. The number of anilines is 2. The van der Waals surface area contributed by atoms with E-state index in [9.17, 15) is 4.79 Å². The van der Waals surface area contributed by atoms with Gasteiger partial charge in [0.2, 0.25) is 0 Å². The summed E-state index contributed by atoms with van der Waals surface area (Å²) in [6.07, 6.45) is 0. The van der Waals surface area contributed by atoms with Crippen LogP contribution in [-0.4, -0.2) is 13.0 Å². The zero-order chi connectivity index (χ0) is 14.7. The van der Waals surface area contributed by atoms with Gasteiger partial charge in [0, 0.05) is 19.8 Å². The zero-order valence-corrected chi connectivity index (χ0v) is 14.4. The highest BCUT2D eigenvalue weighted by Crippen LogP contribution is 2.26. The molecule has 0 spiro atoms. The molecule has 3 N–H and O–H groups in total. The second kappa shape index (κ2) is 6.45. The largest absolute Gasteiger partial charge is 0.495 e. The van der Waals surface area contributed by atoms with Crippen molar-refractivity contribution in [1.29, 1.82) is 0 Å². The summed E-state index contributed by atoms with van der Waals surface area (Å²) >= 11 is 5.49. The Kier molecular flexibility index (Phi) is 4.87. The number of ether oxygens (including phenoxy) is 1. The minimum atomic E-state index is -0.178. The van der Waals surface area contributed by atoms with Crippen molar-refractivity contribution in [3.63, 3.8) is 0 Å². The molecule has 4 nitrogen and oxygen atoms in total. The van der Waals surface area contributed by atoms with Crippen LogP contribution in [0.2, 0.25) is 0 Å². The maximum Gasteiger partial charge on any atom is 0.256 e. The number of nitrogens with two attached hydrogens (primary N) is 1. The summed E-state index contributed by atoms with van der Waals surface area (Å²) in [5.41, 5.74) is 7.51. The summed E-state index contributed by atoms with van der Waals surface area (Å²) in [6.45, 7) is 0. The highest BCUT2D eigenvalue weighted by atomic mass is 127. The highest BCUT2D eigenvalue weighted by molar-refractivity contribution is 14.1. The van der Waals surface area contributed by atoms with Gasteiger partial charge in [0.25, 0.3) is 5.91 Å². The quantitative estimate of drug-likeness (QED) is 0.555. The average molecular weight is 447 g/mol. The van der Waals surface area contributed by atoms with E-state index in [4.69, 9.17) is 10.5 Å². The Morgan fingerprint density at radius 1 is 1.30 bits per heavy atom. The number of amides is 1. The lowest BCUT2D eigenvalue weighted by molar-refractivity contribution is 0.102. The van der Waals surface area contributed by atoms with Crippen molar-refractivity contribution in [2.75, 3.05) is 18.2 Å². The molecular weight excluding hydrogens is 435 g/mol. The van der Waals surface area contributed by atoms with Crippen molar-refractivity contribution in [3.05, 3.63) is 50.0 Å². The molecule has 0 fully saturated rings. The molecule has 0 radical (unpaired) electrons. The van der Waals surface area contributed by atoms with Crippen LogP contribution >= 0.6 is 38.5 Å². The number of hydrogen-bond donors (Lipinski definition) is 2. The van der Waals surface area contributed by atoms with Crippen LogP contribution in [-0.2, 0) is 0 Å². The molecule has 0 atom stereocenters. The molecular formula is C14H12BrIN2O2. The van der Waals surface area contributed by atoms with Crippen LogP contribution in [0.1, 0.15) is 10.4 Å². The van der Waals surface area contributed by atoms with Crippen molar-refractivity contribution >= 4 is 55.8 Å². The Labute approximate surface area is 139 Å². The normalized spacial score (nSPS) is 10.2. The first kappa shape index (κ1) is 15.1. The predicted molar refractivity (Wildman–Crippen MR) is 92.2 cm³/mol. The van der Waals surface area contributed by atoms with Gasteiger partial charge in [-0.15, -0.1) is 0 Å². The number of nitrogen functional groups attached to an aromatic ring is 1. The van der Waals surface area contributed by atoms with E-state index in [1.165, 1.54) is 7.11 Å². The molecule has 104 valence electrons. The van der Waals surface area contributed by atoms with Gasteiger partial charge < -0.3 is 15.8 Å². The van der Waals surface area contributed by atoms with Gasteiger partial charge in [-0.05, 0) is 52.9 Å². The zero-order valence-electron chi connectivity index (χ0n) is 10.6. The number of rotatable bonds is 3. The van der Waals surface area contributed by atoms with Gasteiger partial charge in [0.05, 0.1) is 18.4 Å². The number of halogens is 2. The van der Waals surface area contributed by atoms with Gasteiger partial charge in [-0.2, -0.15) is 0 Å². The third-order valence-electron chi connectivity index (χ3n) is 2.66. The predicted octanol–water partition coefficient (Wildman–Crippen LogP) is 3.90. The van der Waals surface area contributed by atoms with Gasteiger partial charge >= 0.3 is 0 Å². The smallest absolute Gasteiger partial charge is 0.256 e. The Balaban J connectivity index is 2.25. The molecule has 2 rings (SSSR count). The summed E-state index contributed by atoms with van der Waals surface area (Å²) in [5, 5.41) is 2.83. The first-order valence-electron chi connectivity index (χ1n) is 5.71. The van der Waals surface area contributed by atoms with Crippen LogP contribution in [0, 0.1) is 3.57 Å². The first-order chi connectivity index (χ1) is 9.51. The average Bonchev–Trinajstić information content (AvgIpc) is 2.43. The molecule has 0 heterocycles. The van der Waals surface area contributed by atoms with Gasteiger partial charge in [-0.25, -0.2) is 0 Å². The second-order valence-electron chi connectivity index (χ2n) is 4.04. The molecule has 0 aliphatic rings. The Bertz CT molecular complexity index is 662. The van der Waals surface area contributed by atoms with E-state index < -0.39 is 0 Å². The van der Waals surface area contributed by atoms with Crippen molar-refractivity contribution in [2.24, 2.45) is 0 Å². The minimum Gasteiger partial charge on any atom is -0.495 e. The molecule has 0 unspecified atom stereocenters. The molecule has 0 saturated heterocycles. The molecule has 6 heteroatoms. The van der Waals surface area contributed by atoms with Gasteiger partial charge in [0.1, 0.15) is 5.75 Å². The van der Waals surface area contributed by atoms with Crippen molar-refractivity contribution in [2.45, 2.75) is 0 Å². The van der Waals surface area contributed by atoms with E-state index in [0.717, 1.165) is 8.04 Å². The number of benzene rings is 2. The fraction of sp³-hybridized carbons (Fsp3) is 0.0714. The molecule has 0 aliphatic heterocycles. The van der Waals surface area contributed by atoms with E-state index in [2.05, 4.69) is 43.8 Å². The molecule has 0 saturated carbocycles. The first-order valence-corrected chi connectivity index (χ1v) is 7.58. The Hall–Kier alpha value is -1.28. The maximum atomic E-state index is 12.3. The fourth-order valence-electron chi connectivity index (χ4n) is 1.66. The number of hydrogen-bond acceptors (Lipinski definition) is 3. The summed E-state index contributed by atoms with van der Waals surface area (Å²) < 4.78 is 6.87. The number of methoxy groups -OCH3 is 1. The van der Waals surface area contributed by atoms with Crippen molar-refractivity contribution < 1.29 is 9.53 Å². The summed E-state index contributed by atoms with van der Waals surface area (Å²) in [5.74, 6) is 0.356. The van der Waals surface area contributed by atoms with E-state index in [0.29, 0.717) is 22.7 Å². The van der Waals surface area contributed by atoms with Gasteiger partial charge in [-0.3, -0.25) is 4.79 Å². The number of nitrogens with one attached hydrogen (secondary N) is 1. The maximum absolute atomic E-state index is 12.3. The Morgan fingerprint density at radius 3 is 2.75 bits per heavy atom. The van der Waals surface area contributed by atoms with Crippen LogP contribution < -0.4 is 15.8 Å². The van der Waals surface area contributed by atoms with E-state index in [1.54, 1.807) is 24.3 Å². The molecule has 2 aromatic rings. The molecule has 0 aromatic heterocycles. The number of carbonyl (C=O) groups excluding carboxylic acids is 1. The van der Waals surface area contributed by atoms with Gasteiger partial charge in [-0.1, -0.05) is 15.9 Å². The van der Waals surface area contributed by atoms with Crippen molar-refractivity contribution in [3.8, 4) is 5.75 Å². The SMILES string of the molecule is COc1cc(NC(=O)c2cc(Br)ccc2I)ccc1N. The Morgan fingerprint density at radius 2 is 2.05 bits per heavy atom. The van der Waals surface area contributed by atoms with Crippen LogP contribution in [0.3, 0.4) is 0 Å². The highest BCUT2D eigenvalue weighted by Gasteiger charge is 2.11.